The van der Waals surface area contributed by atoms with E-state index in [1.165, 1.54) is 5.56 Å². The van der Waals surface area contributed by atoms with Gasteiger partial charge < -0.3 is 10.2 Å². The Morgan fingerprint density at radius 1 is 1.20 bits per heavy atom. The van der Waals surface area contributed by atoms with Crippen LogP contribution in [-0.2, 0) is 6.42 Å². The van der Waals surface area contributed by atoms with Gasteiger partial charge in [-0.15, -0.1) is 0 Å². The molecule has 1 unspecified atom stereocenters. The van der Waals surface area contributed by atoms with Crippen molar-refractivity contribution >= 4 is 5.70 Å². The lowest BCUT2D eigenvalue weighted by Gasteiger charge is -2.25. The van der Waals surface area contributed by atoms with Crippen LogP contribution in [-0.4, -0.2) is 42.6 Å². The molecule has 35 heavy (non-hydrogen) atoms. The predicted molar refractivity (Wildman–Crippen MR) is 141 cm³/mol. The standard InChI is InChI=1S/C30H35FN4/c1-5-23(3)35-15-14-34(21-35)18-28(27-9-6-22(2)29(31)17-27)16-25-7-10-26(11-8-25)24(4)33-20-30(19-32)12-13-30/h5-11,17,28,33H,1,3-4,12-16,18,20-21H2,2H3. The van der Waals surface area contributed by atoms with Crippen LogP contribution in [0.5, 0.6) is 0 Å². The molecule has 1 N–H and O–H groups in total. The molecule has 1 heterocycles. The first-order valence-electron chi connectivity index (χ1n) is 12.3. The van der Waals surface area contributed by atoms with Crippen molar-refractivity contribution in [1.82, 2.24) is 15.1 Å². The molecular formula is C30H35FN4. The SMILES string of the molecule is C=CC(=C)N1CCN(CC(Cc2ccc(C(=C)NCC3(C#N)CC3)cc2)c2ccc(C)c(F)c2)C1. The molecule has 1 saturated carbocycles. The van der Waals surface area contributed by atoms with Crippen LogP contribution in [0.4, 0.5) is 4.39 Å². The zero-order valence-corrected chi connectivity index (χ0v) is 20.7. The topological polar surface area (TPSA) is 42.3 Å². The summed E-state index contributed by atoms with van der Waals surface area (Å²) in [6, 6.07) is 16.5. The minimum Gasteiger partial charge on any atom is -0.383 e. The van der Waals surface area contributed by atoms with Gasteiger partial charge in [0.15, 0.2) is 0 Å². The first-order valence-corrected chi connectivity index (χ1v) is 12.3. The number of nitriles is 1. The molecule has 1 aliphatic carbocycles. The number of nitrogens with one attached hydrogen (secondary N) is 1. The lowest BCUT2D eigenvalue weighted by atomic mass is 9.90. The van der Waals surface area contributed by atoms with E-state index in [1.807, 2.05) is 6.07 Å². The molecule has 0 amide bonds. The third kappa shape index (κ3) is 6.01. The summed E-state index contributed by atoms with van der Waals surface area (Å²) in [6.45, 7) is 18.0. The van der Waals surface area contributed by atoms with Crippen molar-refractivity contribution in [3.05, 3.63) is 102 Å². The summed E-state index contributed by atoms with van der Waals surface area (Å²) >= 11 is 0. The van der Waals surface area contributed by atoms with Crippen molar-refractivity contribution in [2.24, 2.45) is 5.41 Å². The average molecular weight is 471 g/mol. The van der Waals surface area contributed by atoms with Crippen molar-refractivity contribution in [2.45, 2.75) is 32.1 Å². The second-order valence-corrected chi connectivity index (χ2v) is 10.0. The van der Waals surface area contributed by atoms with Crippen LogP contribution in [0.2, 0.25) is 0 Å². The van der Waals surface area contributed by atoms with Crippen LogP contribution in [0.1, 0.15) is 41.0 Å². The number of benzene rings is 2. The Labute approximate surface area is 209 Å². The number of halogens is 1. The molecule has 0 spiro atoms. The molecule has 4 rings (SSSR count). The Hall–Kier alpha value is -3.36. The van der Waals surface area contributed by atoms with Gasteiger partial charge in [-0.05, 0) is 60.6 Å². The summed E-state index contributed by atoms with van der Waals surface area (Å²) < 4.78 is 14.5. The van der Waals surface area contributed by atoms with Gasteiger partial charge in [0.1, 0.15) is 5.82 Å². The molecule has 1 atom stereocenters. The molecule has 1 saturated heterocycles. The normalized spacial score (nSPS) is 17.5. The molecule has 2 aliphatic rings. The summed E-state index contributed by atoms with van der Waals surface area (Å²) in [7, 11) is 0. The van der Waals surface area contributed by atoms with Crippen LogP contribution in [0.3, 0.4) is 0 Å². The van der Waals surface area contributed by atoms with E-state index in [0.717, 1.165) is 68.1 Å². The molecular weight excluding hydrogens is 435 g/mol. The van der Waals surface area contributed by atoms with Crippen LogP contribution in [0.15, 0.2) is 74.0 Å². The zero-order chi connectivity index (χ0) is 25.0. The molecule has 1 aliphatic heterocycles. The fourth-order valence-corrected chi connectivity index (χ4v) is 4.60. The van der Waals surface area contributed by atoms with Gasteiger partial charge >= 0.3 is 0 Å². The van der Waals surface area contributed by atoms with Gasteiger partial charge in [0.05, 0.1) is 18.2 Å². The van der Waals surface area contributed by atoms with Crippen LogP contribution < -0.4 is 5.32 Å². The van der Waals surface area contributed by atoms with E-state index in [1.54, 1.807) is 19.1 Å². The summed E-state index contributed by atoms with van der Waals surface area (Å²) in [5.41, 5.74) is 5.50. The molecule has 0 radical (unpaired) electrons. The van der Waals surface area contributed by atoms with Gasteiger partial charge in [-0.3, -0.25) is 4.90 Å². The van der Waals surface area contributed by atoms with Crippen LogP contribution in [0, 0.1) is 29.5 Å². The van der Waals surface area contributed by atoms with Crippen LogP contribution >= 0.6 is 0 Å². The van der Waals surface area contributed by atoms with Crippen LogP contribution in [0.25, 0.3) is 5.70 Å². The summed E-state index contributed by atoms with van der Waals surface area (Å²) in [6.07, 6.45) is 4.53. The van der Waals surface area contributed by atoms with Crippen molar-refractivity contribution in [2.75, 3.05) is 32.8 Å². The Morgan fingerprint density at radius 2 is 1.94 bits per heavy atom. The Kier molecular flexibility index (Phi) is 7.42. The monoisotopic (exact) mass is 470 g/mol. The maximum Gasteiger partial charge on any atom is 0.126 e. The molecule has 0 bridgehead atoms. The van der Waals surface area contributed by atoms with Crippen molar-refractivity contribution < 1.29 is 4.39 Å². The van der Waals surface area contributed by atoms with E-state index in [0.29, 0.717) is 12.1 Å². The smallest absolute Gasteiger partial charge is 0.126 e. The van der Waals surface area contributed by atoms with Gasteiger partial charge in [-0.1, -0.05) is 56.1 Å². The first-order chi connectivity index (χ1) is 16.8. The minimum atomic E-state index is -0.206. The van der Waals surface area contributed by atoms with Crippen molar-refractivity contribution in [3.63, 3.8) is 0 Å². The largest absolute Gasteiger partial charge is 0.383 e. The van der Waals surface area contributed by atoms with E-state index in [4.69, 9.17) is 0 Å². The molecule has 5 heteroatoms. The number of hydrogen-bond donors (Lipinski definition) is 1. The molecule has 4 nitrogen and oxygen atoms in total. The third-order valence-corrected chi connectivity index (χ3v) is 7.36. The van der Waals surface area contributed by atoms with E-state index in [9.17, 15) is 9.65 Å². The number of aryl methyl sites for hydroxylation is 1. The maximum atomic E-state index is 14.5. The second kappa shape index (κ2) is 10.5. The number of rotatable bonds is 11. The lowest BCUT2D eigenvalue weighted by molar-refractivity contribution is 0.266. The van der Waals surface area contributed by atoms with Gasteiger partial charge in [0.2, 0.25) is 0 Å². The van der Waals surface area contributed by atoms with Crippen molar-refractivity contribution in [1.29, 1.82) is 5.26 Å². The molecule has 0 aromatic heterocycles. The highest BCUT2D eigenvalue weighted by Gasteiger charge is 2.42. The average Bonchev–Trinajstić information content (AvgIpc) is 3.51. The number of hydrogen-bond acceptors (Lipinski definition) is 4. The van der Waals surface area contributed by atoms with Crippen molar-refractivity contribution in [3.8, 4) is 6.07 Å². The quantitative estimate of drug-likeness (QED) is 0.434. The van der Waals surface area contributed by atoms with E-state index in [2.05, 4.69) is 71.3 Å². The zero-order valence-electron chi connectivity index (χ0n) is 20.7. The Balaban J connectivity index is 1.45. The Morgan fingerprint density at radius 3 is 2.57 bits per heavy atom. The molecule has 2 aromatic carbocycles. The van der Waals surface area contributed by atoms with Gasteiger partial charge in [-0.25, -0.2) is 4.39 Å². The Bertz CT molecular complexity index is 1140. The lowest BCUT2D eigenvalue weighted by Crippen LogP contribution is -2.29. The summed E-state index contributed by atoms with van der Waals surface area (Å²) in [5, 5.41) is 12.6. The van der Waals surface area contributed by atoms with E-state index < -0.39 is 0 Å². The predicted octanol–water partition coefficient (Wildman–Crippen LogP) is 5.60. The van der Waals surface area contributed by atoms with Gasteiger partial charge in [0.25, 0.3) is 0 Å². The number of nitrogens with zero attached hydrogens (tertiary/aromatic N) is 3. The van der Waals surface area contributed by atoms with Gasteiger partial charge in [-0.2, -0.15) is 5.26 Å². The molecule has 2 fully saturated rings. The fraction of sp³-hybridized carbons (Fsp3) is 0.367. The minimum absolute atomic E-state index is 0.154. The number of allylic oxidation sites excluding steroid dienone is 1. The summed E-state index contributed by atoms with van der Waals surface area (Å²) in [4.78, 5) is 4.63. The van der Waals surface area contributed by atoms with Gasteiger partial charge in [0, 0.05) is 43.5 Å². The fourth-order valence-electron chi connectivity index (χ4n) is 4.60. The first kappa shape index (κ1) is 24.8. The van der Waals surface area contributed by atoms with E-state index in [-0.39, 0.29) is 17.2 Å². The highest BCUT2D eigenvalue weighted by Crippen LogP contribution is 2.44. The molecule has 2 aromatic rings. The second-order valence-electron chi connectivity index (χ2n) is 10.0. The maximum absolute atomic E-state index is 14.5. The van der Waals surface area contributed by atoms with E-state index >= 15 is 0 Å². The highest BCUT2D eigenvalue weighted by atomic mass is 19.1. The summed E-state index contributed by atoms with van der Waals surface area (Å²) in [5.74, 6) is 0.0127. The third-order valence-electron chi connectivity index (χ3n) is 7.36. The molecule has 182 valence electrons. The highest BCUT2D eigenvalue weighted by molar-refractivity contribution is 5.62.